The van der Waals surface area contributed by atoms with Crippen LogP contribution in [0, 0.1) is 0 Å². The third kappa shape index (κ3) is 5.16. The molecule has 0 saturated carbocycles. The van der Waals surface area contributed by atoms with E-state index >= 15 is 0 Å². The lowest BCUT2D eigenvalue weighted by molar-refractivity contribution is -0.151. The van der Waals surface area contributed by atoms with Crippen molar-refractivity contribution in [1.82, 2.24) is 0 Å². The molecule has 1 atom stereocenters. The molecule has 2 aromatic carbocycles. The van der Waals surface area contributed by atoms with Gasteiger partial charge in [0.2, 0.25) is 0 Å². The molecule has 5 nitrogen and oxygen atoms in total. The van der Waals surface area contributed by atoms with Gasteiger partial charge in [0.1, 0.15) is 5.75 Å². The van der Waals surface area contributed by atoms with E-state index in [4.69, 9.17) is 38.5 Å². The van der Waals surface area contributed by atoms with Crippen LogP contribution in [0.2, 0.25) is 10.0 Å². The summed E-state index contributed by atoms with van der Waals surface area (Å²) in [4.78, 5) is 16.6. The highest BCUT2D eigenvalue weighted by Crippen LogP contribution is 2.18. The van der Waals surface area contributed by atoms with Crippen molar-refractivity contribution < 1.29 is 14.4 Å². The zero-order chi connectivity index (χ0) is 16.8. The lowest BCUT2D eigenvalue weighted by atomic mass is 10.2. The standard InChI is InChI=1S/C16H14Cl2N2O3/c1-10(22-14-4-2-3-13(18)9-14)16(21)23-20-15(19)11-5-7-12(17)8-6-11/h2-10H,1H3,(H2,19,20)/t10-/m0/s1. The van der Waals surface area contributed by atoms with Crippen molar-refractivity contribution in [2.75, 3.05) is 0 Å². The van der Waals surface area contributed by atoms with E-state index in [9.17, 15) is 4.79 Å². The molecule has 0 aliphatic rings. The van der Waals surface area contributed by atoms with Gasteiger partial charge < -0.3 is 15.3 Å². The third-order valence-corrected chi connectivity index (χ3v) is 3.30. The first-order valence-electron chi connectivity index (χ1n) is 6.68. The Morgan fingerprint density at radius 3 is 2.48 bits per heavy atom. The van der Waals surface area contributed by atoms with E-state index in [0.29, 0.717) is 21.4 Å². The highest BCUT2D eigenvalue weighted by Gasteiger charge is 2.17. The molecule has 0 spiro atoms. The molecule has 2 N–H and O–H groups in total. The van der Waals surface area contributed by atoms with E-state index in [1.807, 2.05) is 0 Å². The number of nitrogens with zero attached hydrogens (tertiary/aromatic N) is 1. The fourth-order valence-electron chi connectivity index (χ4n) is 1.63. The van der Waals surface area contributed by atoms with Crippen molar-refractivity contribution in [1.29, 1.82) is 0 Å². The number of oxime groups is 1. The van der Waals surface area contributed by atoms with Crippen LogP contribution in [-0.4, -0.2) is 17.9 Å². The Hall–Kier alpha value is -2.24. The summed E-state index contributed by atoms with van der Waals surface area (Å²) in [5, 5.41) is 4.68. The second-order valence-corrected chi connectivity index (χ2v) is 5.48. The summed E-state index contributed by atoms with van der Waals surface area (Å²) in [7, 11) is 0. The van der Waals surface area contributed by atoms with E-state index in [0.717, 1.165) is 0 Å². The van der Waals surface area contributed by atoms with Crippen LogP contribution in [0.15, 0.2) is 53.7 Å². The van der Waals surface area contributed by atoms with Crippen molar-refractivity contribution >= 4 is 35.0 Å². The predicted octanol–water partition coefficient (Wildman–Crippen LogP) is 3.62. The van der Waals surface area contributed by atoms with Gasteiger partial charge in [-0.1, -0.05) is 34.4 Å². The average molecular weight is 353 g/mol. The van der Waals surface area contributed by atoms with Crippen LogP contribution >= 0.6 is 23.2 Å². The molecule has 2 rings (SSSR count). The summed E-state index contributed by atoms with van der Waals surface area (Å²) in [5.41, 5.74) is 6.33. The highest BCUT2D eigenvalue weighted by molar-refractivity contribution is 6.31. The number of amidine groups is 1. The first-order chi connectivity index (χ1) is 11.0. The molecule has 0 unspecified atom stereocenters. The molecule has 120 valence electrons. The second kappa shape index (κ2) is 7.85. The lowest BCUT2D eigenvalue weighted by Crippen LogP contribution is -2.26. The highest BCUT2D eigenvalue weighted by atomic mass is 35.5. The van der Waals surface area contributed by atoms with Crippen molar-refractivity contribution in [3.8, 4) is 5.75 Å². The summed E-state index contributed by atoms with van der Waals surface area (Å²) >= 11 is 11.6. The Bertz CT molecular complexity index is 718. The van der Waals surface area contributed by atoms with Crippen LogP contribution < -0.4 is 10.5 Å². The van der Waals surface area contributed by atoms with Crippen molar-refractivity contribution in [3.63, 3.8) is 0 Å². The Morgan fingerprint density at radius 2 is 1.83 bits per heavy atom. The van der Waals surface area contributed by atoms with Gasteiger partial charge in [-0.05, 0) is 49.4 Å². The normalized spacial score (nSPS) is 12.6. The zero-order valence-corrected chi connectivity index (χ0v) is 13.7. The van der Waals surface area contributed by atoms with Crippen LogP contribution in [0.3, 0.4) is 0 Å². The number of ether oxygens (including phenoxy) is 1. The van der Waals surface area contributed by atoms with E-state index in [2.05, 4.69) is 5.16 Å². The van der Waals surface area contributed by atoms with Gasteiger partial charge in [-0.25, -0.2) is 4.79 Å². The fraction of sp³-hybridized carbons (Fsp3) is 0.125. The summed E-state index contributed by atoms with van der Waals surface area (Å²) in [6, 6.07) is 13.3. The molecule has 0 aliphatic heterocycles. The number of hydrogen-bond acceptors (Lipinski definition) is 4. The van der Waals surface area contributed by atoms with Gasteiger partial charge in [-0.2, -0.15) is 0 Å². The minimum Gasteiger partial charge on any atom is -0.479 e. The molecule has 0 heterocycles. The van der Waals surface area contributed by atoms with E-state index in [1.165, 1.54) is 6.92 Å². The summed E-state index contributed by atoms with van der Waals surface area (Å²) in [6.45, 7) is 1.54. The van der Waals surface area contributed by atoms with Gasteiger partial charge in [0.25, 0.3) is 0 Å². The van der Waals surface area contributed by atoms with Gasteiger partial charge in [0.15, 0.2) is 11.9 Å². The first kappa shape index (κ1) is 17.1. The van der Waals surface area contributed by atoms with Gasteiger partial charge in [0, 0.05) is 15.6 Å². The van der Waals surface area contributed by atoms with E-state index in [-0.39, 0.29) is 5.84 Å². The number of benzene rings is 2. The number of carbonyl (C=O) groups excluding carboxylic acids is 1. The zero-order valence-electron chi connectivity index (χ0n) is 12.2. The molecule has 0 aliphatic carbocycles. The molecule has 0 fully saturated rings. The fourth-order valence-corrected chi connectivity index (χ4v) is 1.94. The molecular weight excluding hydrogens is 339 g/mol. The van der Waals surface area contributed by atoms with Crippen molar-refractivity contribution in [3.05, 3.63) is 64.1 Å². The van der Waals surface area contributed by atoms with Crippen LogP contribution in [0.5, 0.6) is 5.75 Å². The third-order valence-electron chi connectivity index (χ3n) is 2.81. The molecule has 0 saturated heterocycles. The molecule has 0 bridgehead atoms. The molecular formula is C16H14Cl2N2O3. The largest absolute Gasteiger partial charge is 0.479 e. The van der Waals surface area contributed by atoms with E-state index < -0.39 is 12.1 Å². The Balaban J connectivity index is 1.95. The van der Waals surface area contributed by atoms with Gasteiger partial charge in [0.05, 0.1) is 0 Å². The topological polar surface area (TPSA) is 73.9 Å². The minimum atomic E-state index is -0.866. The maximum Gasteiger partial charge on any atom is 0.374 e. The van der Waals surface area contributed by atoms with Crippen LogP contribution in [0.4, 0.5) is 0 Å². The Morgan fingerprint density at radius 1 is 1.13 bits per heavy atom. The first-order valence-corrected chi connectivity index (χ1v) is 7.44. The lowest BCUT2D eigenvalue weighted by Gasteiger charge is -2.12. The molecule has 7 heteroatoms. The maximum absolute atomic E-state index is 11.9. The number of nitrogens with two attached hydrogens (primary N) is 1. The van der Waals surface area contributed by atoms with E-state index in [1.54, 1.807) is 48.5 Å². The van der Waals surface area contributed by atoms with Crippen LogP contribution in [-0.2, 0) is 9.63 Å². The molecule has 0 aromatic heterocycles. The van der Waals surface area contributed by atoms with Crippen LogP contribution in [0.1, 0.15) is 12.5 Å². The molecule has 23 heavy (non-hydrogen) atoms. The van der Waals surface area contributed by atoms with Gasteiger partial charge >= 0.3 is 5.97 Å². The average Bonchev–Trinajstić information content (AvgIpc) is 2.53. The number of halogens is 2. The van der Waals surface area contributed by atoms with Gasteiger partial charge in [-0.3, -0.25) is 0 Å². The molecule has 0 radical (unpaired) electrons. The summed E-state index contributed by atoms with van der Waals surface area (Å²) < 4.78 is 5.42. The Labute approximate surface area is 143 Å². The van der Waals surface area contributed by atoms with Crippen molar-refractivity contribution in [2.45, 2.75) is 13.0 Å². The number of hydrogen-bond donors (Lipinski definition) is 1. The number of carbonyl (C=O) groups is 1. The van der Waals surface area contributed by atoms with Gasteiger partial charge in [-0.15, -0.1) is 0 Å². The SMILES string of the molecule is C[C@H](Oc1cccc(Cl)c1)C(=O)O/N=C(/N)c1ccc(Cl)cc1. The Kier molecular flexibility index (Phi) is 5.84. The smallest absolute Gasteiger partial charge is 0.374 e. The monoisotopic (exact) mass is 352 g/mol. The molecule has 0 amide bonds. The number of rotatable bonds is 5. The minimum absolute atomic E-state index is 0.0602. The maximum atomic E-state index is 11.9. The predicted molar refractivity (Wildman–Crippen MR) is 89.8 cm³/mol. The summed E-state index contributed by atoms with van der Waals surface area (Å²) in [5.74, 6) is -0.163. The second-order valence-electron chi connectivity index (χ2n) is 4.61. The molecule has 2 aromatic rings. The quantitative estimate of drug-likeness (QED) is 0.386. The van der Waals surface area contributed by atoms with Crippen LogP contribution in [0.25, 0.3) is 0 Å². The van der Waals surface area contributed by atoms with Crippen molar-refractivity contribution in [2.24, 2.45) is 10.9 Å². The summed E-state index contributed by atoms with van der Waals surface area (Å²) in [6.07, 6.45) is -0.866.